The number of alkyl halides is 1. The van der Waals surface area contributed by atoms with E-state index in [4.69, 9.17) is 0 Å². The molecule has 9 heteroatoms. The predicted octanol–water partition coefficient (Wildman–Crippen LogP) is 3.36. The molecule has 31 heavy (non-hydrogen) atoms. The molecule has 1 saturated carbocycles. The highest BCUT2D eigenvalue weighted by molar-refractivity contribution is 7.88. The van der Waals surface area contributed by atoms with Crippen LogP contribution in [0.25, 0.3) is 11.1 Å². The Kier molecular flexibility index (Phi) is 5.37. The second-order valence-electron chi connectivity index (χ2n) is 8.33. The van der Waals surface area contributed by atoms with Crippen molar-refractivity contribution >= 4 is 15.9 Å². The van der Waals surface area contributed by atoms with Crippen LogP contribution in [0.4, 0.5) is 13.2 Å². The first-order valence-corrected chi connectivity index (χ1v) is 11.9. The lowest BCUT2D eigenvalue weighted by Gasteiger charge is -2.44. The maximum Gasteiger partial charge on any atom is 0.229 e. The topological polar surface area (TPSA) is 66.5 Å². The van der Waals surface area contributed by atoms with E-state index in [0.29, 0.717) is 13.0 Å². The Bertz CT molecular complexity index is 1120. The molecule has 0 radical (unpaired) electrons. The molecular weight excluding hydrogens is 429 g/mol. The van der Waals surface area contributed by atoms with Gasteiger partial charge in [0.15, 0.2) is 0 Å². The van der Waals surface area contributed by atoms with E-state index in [1.165, 1.54) is 23.1 Å². The number of nitrogens with zero attached hydrogens (tertiary/aromatic N) is 1. The first-order valence-electron chi connectivity index (χ1n) is 10.0. The second-order valence-corrected chi connectivity index (χ2v) is 10.1. The Morgan fingerprint density at radius 3 is 2.39 bits per heavy atom. The largest absolute Gasteiger partial charge is 0.338 e. The van der Waals surface area contributed by atoms with Crippen molar-refractivity contribution in [1.29, 1.82) is 0 Å². The predicted molar refractivity (Wildman–Crippen MR) is 110 cm³/mol. The van der Waals surface area contributed by atoms with Crippen molar-refractivity contribution < 1.29 is 26.4 Å². The van der Waals surface area contributed by atoms with Crippen molar-refractivity contribution in [2.75, 3.05) is 12.8 Å². The summed E-state index contributed by atoms with van der Waals surface area (Å²) in [6.45, 7) is 2.08. The molecule has 4 atom stereocenters. The van der Waals surface area contributed by atoms with Gasteiger partial charge in [0, 0.05) is 25.0 Å². The highest BCUT2D eigenvalue weighted by Crippen LogP contribution is 2.59. The summed E-state index contributed by atoms with van der Waals surface area (Å²) in [4.78, 5) is 14.5. The monoisotopic (exact) mass is 452 g/mol. The van der Waals surface area contributed by atoms with Gasteiger partial charge in [0.1, 0.15) is 17.3 Å². The fraction of sp³-hybridized carbons (Fsp3) is 0.409. The van der Waals surface area contributed by atoms with Gasteiger partial charge in [-0.05, 0) is 36.6 Å². The van der Waals surface area contributed by atoms with Crippen molar-refractivity contribution in [3.8, 4) is 11.1 Å². The first-order chi connectivity index (χ1) is 14.5. The lowest BCUT2D eigenvalue weighted by molar-refractivity contribution is -0.142. The third kappa shape index (κ3) is 3.96. The smallest absolute Gasteiger partial charge is 0.229 e. The molecule has 2 aliphatic rings. The molecule has 1 amide bonds. The van der Waals surface area contributed by atoms with Crippen LogP contribution in [0.1, 0.15) is 25.3 Å². The summed E-state index contributed by atoms with van der Waals surface area (Å²) in [6.07, 6.45) is 1.56. The number of sulfonamides is 1. The van der Waals surface area contributed by atoms with Crippen LogP contribution in [0, 0.1) is 17.6 Å². The zero-order chi connectivity index (χ0) is 22.6. The lowest BCUT2D eigenvalue weighted by atomic mass is 9.92. The van der Waals surface area contributed by atoms with Gasteiger partial charge in [-0.1, -0.05) is 30.3 Å². The van der Waals surface area contributed by atoms with E-state index >= 15 is 4.39 Å². The zero-order valence-electron chi connectivity index (χ0n) is 17.1. The highest BCUT2D eigenvalue weighted by Gasteiger charge is 2.63. The van der Waals surface area contributed by atoms with Gasteiger partial charge in [-0.25, -0.2) is 26.3 Å². The van der Waals surface area contributed by atoms with E-state index in [9.17, 15) is 22.0 Å². The van der Waals surface area contributed by atoms with Gasteiger partial charge in [0.2, 0.25) is 15.9 Å². The Balaban J connectivity index is 1.58. The van der Waals surface area contributed by atoms with E-state index in [2.05, 4.69) is 4.72 Å². The van der Waals surface area contributed by atoms with E-state index in [0.717, 1.165) is 18.4 Å². The maximum atomic E-state index is 15.9. The van der Waals surface area contributed by atoms with Crippen LogP contribution in [0.2, 0.25) is 0 Å². The summed E-state index contributed by atoms with van der Waals surface area (Å²) in [6, 6.07) is 8.64. The third-order valence-corrected chi connectivity index (χ3v) is 6.92. The van der Waals surface area contributed by atoms with Crippen LogP contribution >= 0.6 is 0 Å². The molecular formula is C22H23F3N2O3S. The van der Waals surface area contributed by atoms with Crippen LogP contribution in [-0.4, -0.2) is 44.1 Å². The van der Waals surface area contributed by atoms with Gasteiger partial charge in [0.25, 0.3) is 0 Å². The Hall–Kier alpha value is -2.39. The number of hydrogen-bond donors (Lipinski definition) is 1. The number of rotatable bonds is 6. The number of carbonyl (C=O) groups excluding carboxylic acids is 1. The maximum absolute atomic E-state index is 15.9. The van der Waals surface area contributed by atoms with E-state index in [1.807, 2.05) is 0 Å². The fourth-order valence-electron chi connectivity index (χ4n) is 4.45. The number of hydrogen-bond acceptors (Lipinski definition) is 3. The van der Waals surface area contributed by atoms with Crippen LogP contribution in [0.3, 0.4) is 0 Å². The minimum absolute atomic E-state index is 0.0803. The molecule has 4 rings (SSSR count). The van der Waals surface area contributed by atoms with Gasteiger partial charge in [-0.2, -0.15) is 0 Å². The second kappa shape index (κ2) is 7.63. The average molecular weight is 452 g/mol. The van der Waals surface area contributed by atoms with Crippen LogP contribution < -0.4 is 4.72 Å². The lowest BCUT2D eigenvalue weighted by Crippen LogP contribution is -2.60. The van der Waals surface area contributed by atoms with Gasteiger partial charge in [0.05, 0.1) is 17.7 Å². The molecule has 1 saturated heterocycles. The number of likely N-dealkylation sites (tertiary alicyclic amines) is 1. The van der Waals surface area contributed by atoms with Crippen molar-refractivity contribution in [3.05, 3.63) is 59.7 Å². The Morgan fingerprint density at radius 1 is 1.16 bits per heavy atom. The van der Waals surface area contributed by atoms with Gasteiger partial charge >= 0.3 is 0 Å². The summed E-state index contributed by atoms with van der Waals surface area (Å²) >= 11 is 0. The molecule has 0 bridgehead atoms. The molecule has 1 heterocycles. The number of carbonyl (C=O) groups is 1. The molecule has 0 aromatic heterocycles. The minimum Gasteiger partial charge on any atom is -0.338 e. The van der Waals surface area contributed by atoms with E-state index in [1.54, 1.807) is 19.1 Å². The Labute approximate surface area is 179 Å². The summed E-state index contributed by atoms with van der Waals surface area (Å²) < 4.78 is 70.0. The van der Waals surface area contributed by atoms with Crippen molar-refractivity contribution in [3.63, 3.8) is 0 Å². The molecule has 2 aromatic rings. The van der Waals surface area contributed by atoms with Gasteiger partial charge in [-0.15, -0.1) is 0 Å². The minimum atomic E-state index is -3.44. The number of benzene rings is 2. The summed E-state index contributed by atoms with van der Waals surface area (Å²) in [7, 11) is -3.44. The number of amides is 1. The zero-order valence-corrected chi connectivity index (χ0v) is 17.9. The summed E-state index contributed by atoms with van der Waals surface area (Å²) in [5.41, 5.74) is -2.18. The number of nitrogens with one attached hydrogen (secondary N) is 1. The summed E-state index contributed by atoms with van der Waals surface area (Å²) in [5.74, 6) is -2.99. The summed E-state index contributed by atoms with van der Waals surface area (Å²) in [5, 5.41) is 0. The highest BCUT2D eigenvalue weighted by atomic mass is 32.2. The quantitative estimate of drug-likeness (QED) is 0.731. The Morgan fingerprint density at radius 2 is 1.81 bits per heavy atom. The van der Waals surface area contributed by atoms with Crippen LogP contribution in [0.5, 0.6) is 0 Å². The molecule has 1 unspecified atom stereocenters. The van der Waals surface area contributed by atoms with Crippen LogP contribution in [0.15, 0.2) is 42.5 Å². The van der Waals surface area contributed by atoms with Crippen molar-refractivity contribution in [1.82, 2.24) is 9.62 Å². The van der Waals surface area contributed by atoms with Crippen LogP contribution in [-0.2, 0) is 20.5 Å². The molecule has 0 spiro atoms. The molecule has 2 aromatic carbocycles. The fourth-order valence-corrected chi connectivity index (χ4v) is 5.29. The molecule has 2 fully saturated rings. The first kappa shape index (κ1) is 21.8. The van der Waals surface area contributed by atoms with Gasteiger partial charge < -0.3 is 4.90 Å². The molecule has 166 valence electrons. The van der Waals surface area contributed by atoms with E-state index < -0.39 is 45.2 Å². The molecule has 1 N–H and O–H groups in total. The SMILES string of the molecule is CC(NS(C)(=O)=O)[C@@H]1CCN1C(=O)[C@@H]1C[C@@]1(F)c1ccccc1-c1c(F)cccc1F. The molecule has 1 aliphatic carbocycles. The number of halogens is 3. The molecule has 5 nitrogen and oxygen atoms in total. The average Bonchev–Trinajstić information content (AvgIpc) is 3.32. The van der Waals surface area contributed by atoms with E-state index in [-0.39, 0.29) is 29.2 Å². The normalized spacial score (nSPS) is 26.3. The van der Waals surface area contributed by atoms with Crippen molar-refractivity contribution in [2.24, 2.45) is 5.92 Å². The van der Waals surface area contributed by atoms with Gasteiger partial charge in [-0.3, -0.25) is 4.79 Å². The van der Waals surface area contributed by atoms with Crippen molar-refractivity contribution in [2.45, 2.75) is 37.5 Å². The molecule has 1 aliphatic heterocycles. The third-order valence-electron chi connectivity index (χ3n) is 6.12. The standard InChI is InChI=1S/C22H23F3N2O3S/c1-13(26-31(2,29)30)19-10-11-27(19)21(28)16-12-22(16,25)15-7-4-3-6-14(15)20-17(23)8-5-9-18(20)24/h3-9,13,16,19,26H,10-12H2,1-2H3/t13?,16-,19-,22+/m0/s1.